The predicted molar refractivity (Wildman–Crippen MR) is 97.2 cm³/mol. The number of hydrogen-bond donors (Lipinski definition) is 1. The van der Waals surface area contributed by atoms with E-state index in [4.69, 9.17) is 9.16 Å². The summed E-state index contributed by atoms with van der Waals surface area (Å²) in [5, 5.41) is 22.1. The van der Waals surface area contributed by atoms with Crippen molar-refractivity contribution in [2.75, 3.05) is 13.2 Å². The van der Waals surface area contributed by atoms with Crippen LogP contribution in [0.5, 0.6) is 0 Å². The molecule has 0 amide bonds. The second-order valence-electron chi connectivity index (χ2n) is 8.91. The van der Waals surface area contributed by atoms with Crippen LogP contribution in [-0.2, 0) is 9.16 Å². The van der Waals surface area contributed by atoms with E-state index in [1.165, 1.54) is 0 Å². The maximum Gasteiger partial charge on any atom is 0.239 e. The lowest BCUT2D eigenvalue weighted by Gasteiger charge is -2.37. The molecular formula is C17H35NO5Si. The lowest BCUT2D eigenvalue weighted by molar-refractivity contribution is -0.539. The van der Waals surface area contributed by atoms with Crippen LogP contribution in [0.25, 0.3) is 0 Å². The highest BCUT2D eigenvalue weighted by molar-refractivity contribution is 6.74. The van der Waals surface area contributed by atoms with Crippen LogP contribution in [0.3, 0.4) is 0 Å². The van der Waals surface area contributed by atoms with Crippen molar-refractivity contribution in [1.82, 2.24) is 0 Å². The van der Waals surface area contributed by atoms with Gasteiger partial charge in [-0.05, 0) is 30.5 Å². The number of nitrogens with zero attached hydrogens (tertiary/aromatic N) is 1. The van der Waals surface area contributed by atoms with E-state index in [1.807, 2.05) is 13.8 Å². The Morgan fingerprint density at radius 3 is 2.42 bits per heavy atom. The van der Waals surface area contributed by atoms with Gasteiger partial charge < -0.3 is 14.3 Å². The van der Waals surface area contributed by atoms with Gasteiger partial charge in [0.25, 0.3) is 0 Å². The van der Waals surface area contributed by atoms with Crippen molar-refractivity contribution in [3.8, 4) is 0 Å². The second-order valence-corrected chi connectivity index (χ2v) is 13.7. The summed E-state index contributed by atoms with van der Waals surface area (Å²) in [6.07, 6.45) is -0.225. The molecule has 1 heterocycles. The molecule has 142 valence electrons. The number of rotatable bonds is 8. The van der Waals surface area contributed by atoms with Crippen LogP contribution in [0.15, 0.2) is 0 Å². The minimum atomic E-state index is -1.91. The molecule has 0 aliphatic carbocycles. The summed E-state index contributed by atoms with van der Waals surface area (Å²) < 4.78 is 12.0. The molecule has 1 N–H and O–H groups in total. The fourth-order valence-electron chi connectivity index (χ4n) is 2.85. The van der Waals surface area contributed by atoms with E-state index in [0.717, 1.165) is 0 Å². The molecule has 0 bridgehead atoms. The van der Waals surface area contributed by atoms with Crippen LogP contribution in [0, 0.1) is 22.0 Å². The fraction of sp³-hybridized carbons (Fsp3) is 1.00. The van der Waals surface area contributed by atoms with Gasteiger partial charge in [-0.1, -0.05) is 34.6 Å². The van der Waals surface area contributed by atoms with Crippen molar-refractivity contribution in [1.29, 1.82) is 0 Å². The van der Waals surface area contributed by atoms with Gasteiger partial charge >= 0.3 is 0 Å². The zero-order valence-electron chi connectivity index (χ0n) is 16.2. The van der Waals surface area contributed by atoms with Crippen LogP contribution in [0.4, 0.5) is 0 Å². The van der Waals surface area contributed by atoms with Gasteiger partial charge in [-0.3, -0.25) is 10.1 Å². The standard InChI is InChI=1S/C17H35NO5Si/c1-12(2)10-14(18(20)21)16(19)13-8-9-22-15(13)11-23-24(6,7)17(3,4)5/h12-16,19H,8-11H2,1-7H3/t13-,14+,15+,16-/m1/s1. The average molecular weight is 362 g/mol. The van der Waals surface area contributed by atoms with Gasteiger partial charge in [0.2, 0.25) is 6.04 Å². The van der Waals surface area contributed by atoms with Crippen molar-refractivity contribution in [3.63, 3.8) is 0 Å². The molecule has 0 aromatic rings. The quantitative estimate of drug-likeness (QED) is 0.407. The number of hydrogen-bond acceptors (Lipinski definition) is 5. The molecule has 0 aromatic heterocycles. The van der Waals surface area contributed by atoms with E-state index >= 15 is 0 Å². The molecular weight excluding hydrogens is 326 g/mol. The Morgan fingerprint density at radius 1 is 1.38 bits per heavy atom. The van der Waals surface area contributed by atoms with Crippen LogP contribution in [0.2, 0.25) is 18.1 Å². The highest BCUT2D eigenvalue weighted by Crippen LogP contribution is 2.37. The molecule has 1 aliphatic rings. The summed E-state index contributed by atoms with van der Waals surface area (Å²) in [6.45, 7) is 15.7. The molecule has 0 unspecified atom stereocenters. The summed E-state index contributed by atoms with van der Waals surface area (Å²) in [5.74, 6) is -0.0665. The first-order chi connectivity index (χ1) is 10.9. The van der Waals surface area contributed by atoms with E-state index in [0.29, 0.717) is 26.1 Å². The van der Waals surface area contributed by atoms with Gasteiger partial charge in [0.15, 0.2) is 8.32 Å². The molecule has 1 rings (SSSR count). The molecule has 0 aromatic carbocycles. The number of aliphatic hydroxyl groups is 1. The maximum absolute atomic E-state index is 11.4. The summed E-state index contributed by atoms with van der Waals surface area (Å²) in [6, 6.07) is -0.938. The van der Waals surface area contributed by atoms with Gasteiger partial charge in [0, 0.05) is 23.9 Å². The van der Waals surface area contributed by atoms with E-state index in [-0.39, 0.29) is 27.9 Å². The highest BCUT2D eigenvalue weighted by Gasteiger charge is 2.44. The Labute approximate surface area is 147 Å². The Hall–Kier alpha value is -0.503. The third-order valence-corrected chi connectivity index (χ3v) is 9.99. The summed E-state index contributed by atoms with van der Waals surface area (Å²) in [4.78, 5) is 11.0. The normalized spacial score (nSPS) is 25.0. The number of aliphatic hydroxyl groups excluding tert-OH is 1. The first-order valence-corrected chi connectivity index (χ1v) is 11.8. The van der Waals surface area contributed by atoms with Gasteiger partial charge in [0.05, 0.1) is 12.7 Å². The third-order valence-electron chi connectivity index (χ3n) is 5.49. The minimum absolute atomic E-state index is 0.0979. The molecule has 1 fully saturated rings. The predicted octanol–water partition coefficient (Wildman–Crippen LogP) is 3.47. The highest BCUT2D eigenvalue weighted by atomic mass is 28.4. The molecule has 24 heavy (non-hydrogen) atoms. The molecule has 0 radical (unpaired) electrons. The van der Waals surface area contributed by atoms with Crippen LogP contribution in [0.1, 0.15) is 47.5 Å². The van der Waals surface area contributed by atoms with Gasteiger partial charge in [-0.2, -0.15) is 0 Å². The topological polar surface area (TPSA) is 81.8 Å². The molecule has 1 saturated heterocycles. The van der Waals surface area contributed by atoms with Crippen molar-refractivity contribution in [3.05, 3.63) is 10.1 Å². The monoisotopic (exact) mass is 361 g/mol. The summed E-state index contributed by atoms with van der Waals surface area (Å²) in [5.41, 5.74) is 0. The molecule has 1 aliphatic heterocycles. The SMILES string of the molecule is CC(C)C[C@@H]([C@H](O)[C@@H]1CCO[C@H]1CO[Si](C)(C)C(C)(C)C)[N+](=O)[O-]. The maximum atomic E-state index is 11.4. The van der Waals surface area contributed by atoms with Crippen molar-refractivity contribution in [2.45, 2.75) is 83.8 Å². The molecule has 7 heteroatoms. The zero-order chi connectivity index (χ0) is 18.7. The largest absolute Gasteiger partial charge is 0.414 e. The van der Waals surface area contributed by atoms with Crippen molar-refractivity contribution in [2.24, 2.45) is 11.8 Å². The average Bonchev–Trinajstić information content (AvgIpc) is 2.88. The number of nitro groups is 1. The summed E-state index contributed by atoms with van der Waals surface area (Å²) in [7, 11) is -1.91. The van der Waals surface area contributed by atoms with Crippen LogP contribution in [-0.4, -0.2) is 49.8 Å². The van der Waals surface area contributed by atoms with E-state index in [9.17, 15) is 15.2 Å². The zero-order valence-corrected chi connectivity index (χ0v) is 17.2. The first-order valence-electron chi connectivity index (χ1n) is 8.94. The smallest absolute Gasteiger partial charge is 0.239 e. The molecule has 0 saturated carbocycles. The Balaban J connectivity index is 2.75. The Morgan fingerprint density at radius 2 is 1.96 bits per heavy atom. The lowest BCUT2D eigenvalue weighted by atomic mass is 9.87. The van der Waals surface area contributed by atoms with E-state index in [1.54, 1.807) is 0 Å². The van der Waals surface area contributed by atoms with E-state index < -0.39 is 20.5 Å². The Bertz CT molecular complexity index is 422. The molecule has 4 atom stereocenters. The van der Waals surface area contributed by atoms with Crippen molar-refractivity contribution < 1.29 is 19.2 Å². The fourth-order valence-corrected chi connectivity index (χ4v) is 3.87. The van der Waals surface area contributed by atoms with Crippen LogP contribution < -0.4 is 0 Å². The molecule has 0 spiro atoms. The van der Waals surface area contributed by atoms with Gasteiger partial charge in [-0.25, -0.2) is 0 Å². The van der Waals surface area contributed by atoms with Gasteiger partial charge in [-0.15, -0.1) is 0 Å². The van der Waals surface area contributed by atoms with Gasteiger partial charge in [0.1, 0.15) is 6.10 Å². The Kier molecular flexibility index (Phi) is 7.40. The minimum Gasteiger partial charge on any atom is -0.414 e. The third kappa shape index (κ3) is 5.51. The second kappa shape index (κ2) is 8.25. The van der Waals surface area contributed by atoms with Crippen molar-refractivity contribution >= 4 is 8.32 Å². The lowest BCUT2D eigenvalue weighted by Crippen LogP contribution is -2.47. The first kappa shape index (κ1) is 21.5. The molecule has 6 nitrogen and oxygen atoms in total. The number of ether oxygens (including phenoxy) is 1. The van der Waals surface area contributed by atoms with E-state index in [2.05, 4.69) is 33.9 Å². The van der Waals surface area contributed by atoms with Crippen LogP contribution >= 0.6 is 0 Å². The summed E-state index contributed by atoms with van der Waals surface area (Å²) >= 11 is 0.